The Labute approximate surface area is 167 Å². The van der Waals surface area contributed by atoms with Gasteiger partial charge in [-0.05, 0) is 42.5 Å². The quantitative estimate of drug-likeness (QED) is 0.708. The SMILES string of the molecule is CC(C)C(c1ccccc1)N(C)S(=O)(=O)c1cccc(S(=O)(=O)NC2CC2)c1. The third-order valence-electron chi connectivity index (χ3n) is 4.86. The maximum atomic E-state index is 13.3. The van der Waals surface area contributed by atoms with Gasteiger partial charge in [0.15, 0.2) is 0 Å². The fourth-order valence-electron chi connectivity index (χ4n) is 3.27. The Hall–Kier alpha value is -1.74. The van der Waals surface area contributed by atoms with Crippen LogP contribution in [-0.4, -0.2) is 34.2 Å². The molecule has 28 heavy (non-hydrogen) atoms. The molecule has 0 aliphatic heterocycles. The van der Waals surface area contributed by atoms with Crippen LogP contribution in [0.25, 0.3) is 0 Å². The first kappa shape index (κ1) is 21.0. The standard InChI is InChI=1S/C20H26N2O4S2/c1-15(2)20(16-8-5-4-6-9-16)22(3)28(25,26)19-11-7-10-18(14-19)27(23,24)21-17-12-13-17/h4-11,14-15,17,20-21H,12-13H2,1-3H3. The van der Waals surface area contributed by atoms with Crippen molar-refractivity contribution < 1.29 is 16.8 Å². The van der Waals surface area contributed by atoms with E-state index in [0.717, 1.165) is 18.4 Å². The lowest BCUT2D eigenvalue weighted by molar-refractivity contribution is 0.300. The van der Waals surface area contributed by atoms with Crippen molar-refractivity contribution in [1.29, 1.82) is 0 Å². The van der Waals surface area contributed by atoms with Crippen molar-refractivity contribution in [3.8, 4) is 0 Å². The van der Waals surface area contributed by atoms with Gasteiger partial charge < -0.3 is 0 Å². The molecule has 1 aliphatic carbocycles. The van der Waals surface area contributed by atoms with Crippen molar-refractivity contribution in [2.24, 2.45) is 5.92 Å². The molecule has 1 atom stereocenters. The molecule has 0 bridgehead atoms. The molecule has 1 fully saturated rings. The van der Waals surface area contributed by atoms with Crippen LogP contribution in [0.2, 0.25) is 0 Å². The van der Waals surface area contributed by atoms with E-state index in [1.807, 2.05) is 44.2 Å². The highest BCUT2D eigenvalue weighted by Crippen LogP contribution is 2.32. The highest BCUT2D eigenvalue weighted by molar-refractivity contribution is 7.90. The van der Waals surface area contributed by atoms with Gasteiger partial charge in [0, 0.05) is 13.1 Å². The minimum atomic E-state index is -3.89. The van der Waals surface area contributed by atoms with Gasteiger partial charge in [-0.3, -0.25) is 0 Å². The van der Waals surface area contributed by atoms with Crippen molar-refractivity contribution in [3.63, 3.8) is 0 Å². The zero-order valence-electron chi connectivity index (χ0n) is 16.2. The number of hydrogen-bond donors (Lipinski definition) is 1. The minimum Gasteiger partial charge on any atom is -0.208 e. The molecule has 1 saturated carbocycles. The van der Waals surface area contributed by atoms with Crippen LogP contribution in [0.3, 0.4) is 0 Å². The van der Waals surface area contributed by atoms with E-state index in [2.05, 4.69) is 4.72 Å². The van der Waals surface area contributed by atoms with Gasteiger partial charge in [0.05, 0.1) is 15.8 Å². The summed E-state index contributed by atoms with van der Waals surface area (Å²) in [6.07, 6.45) is 1.63. The third kappa shape index (κ3) is 4.46. The van der Waals surface area contributed by atoms with Gasteiger partial charge >= 0.3 is 0 Å². The van der Waals surface area contributed by atoms with E-state index in [-0.39, 0.29) is 27.8 Å². The summed E-state index contributed by atoms with van der Waals surface area (Å²) in [5, 5.41) is 0. The molecule has 152 valence electrons. The predicted molar refractivity (Wildman–Crippen MR) is 109 cm³/mol. The molecule has 3 rings (SSSR count). The molecule has 0 radical (unpaired) electrons. The number of hydrogen-bond acceptors (Lipinski definition) is 4. The lowest BCUT2D eigenvalue weighted by atomic mass is 9.96. The number of nitrogens with zero attached hydrogens (tertiary/aromatic N) is 1. The van der Waals surface area contributed by atoms with Gasteiger partial charge in [-0.2, -0.15) is 4.31 Å². The van der Waals surface area contributed by atoms with E-state index >= 15 is 0 Å². The maximum absolute atomic E-state index is 13.3. The van der Waals surface area contributed by atoms with Crippen LogP contribution in [0.15, 0.2) is 64.4 Å². The summed E-state index contributed by atoms with van der Waals surface area (Å²) in [6.45, 7) is 3.92. The van der Waals surface area contributed by atoms with Crippen molar-refractivity contribution in [2.45, 2.75) is 48.6 Å². The third-order valence-corrected chi connectivity index (χ3v) is 8.21. The summed E-state index contributed by atoms with van der Waals surface area (Å²) in [7, 11) is -6.07. The van der Waals surface area contributed by atoms with E-state index in [1.54, 1.807) is 0 Å². The molecular formula is C20H26N2O4S2. The summed E-state index contributed by atoms with van der Waals surface area (Å²) in [5.74, 6) is 0.0330. The van der Waals surface area contributed by atoms with Crippen LogP contribution in [-0.2, 0) is 20.0 Å². The zero-order chi connectivity index (χ0) is 20.5. The van der Waals surface area contributed by atoms with Crippen LogP contribution < -0.4 is 4.72 Å². The van der Waals surface area contributed by atoms with E-state index in [9.17, 15) is 16.8 Å². The van der Waals surface area contributed by atoms with Crippen molar-refractivity contribution in [2.75, 3.05) is 7.05 Å². The van der Waals surface area contributed by atoms with Gasteiger partial charge in [0.2, 0.25) is 20.0 Å². The van der Waals surface area contributed by atoms with Gasteiger partial charge in [0.25, 0.3) is 0 Å². The molecule has 1 N–H and O–H groups in total. The van der Waals surface area contributed by atoms with Crippen LogP contribution >= 0.6 is 0 Å². The smallest absolute Gasteiger partial charge is 0.208 e. The van der Waals surface area contributed by atoms with Gasteiger partial charge in [-0.15, -0.1) is 0 Å². The lowest BCUT2D eigenvalue weighted by Crippen LogP contribution is -2.34. The van der Waals surface area contributed by atoms with Crippen LogP contribution in [0.5, 0.6) is 0 Å². The molecule has 0 aromatic heterocycles. The molecule has 6 nitrogen and oxygen atoms in total. The Morgan fingerprint density at radius 3 is 2.11 bits per heavy atom. The van der Waals surface area contributed by atoms with Crippen LogP contribution in [0, 0.1) is 5.92 Å². The summed E-state index contributed by atoms with van der Waals surface area (Å²) in [6, 6.07) is 14.6. The molecule has 2 aromatic rings. The van der Waals surface area contributed by atoms with E-state index in [4.69, 9.17) is 0 Å². The second kappa shape index (κ2) is 7.94. The number of sulfonamides is 2. The highest BCUT2D eigenvalue weighted by atomic mass is 32.2. The second-order valence-electron chi connectivity index (χ2n) is 7.49. The van der Waals surface area contributed by atoms with Crippen LogP contribution in [0.4, 0.5) is 0 Å². The topological polar surface area (TPSA) is 83.6 Å². The number of benzene rings is 2. The van der Waals surface area contributed by atoms with Crippen LogP contribution in [0.1, 0.15) is 38.3 Å². The molecule has 0 saturated heterocycles. The molecule has 1 aliphatic rings. The minimum absolute atomic E-state index is 0.0322. The van der Waals surface area contributed by atoms with Gasteiger partial charge in [-0.25, -0.2) is 21.6 Å². The molecule has 1 unspecified atom stereocenters. The summed E-state index contributed by atoms with van der Waals surface area (Å²) in [4.78, 5) is -0.0649. The average molecular weight is 423 g/mol. The monoisotopic (exact) mass is 422 g/mol. The zero-order valence-corrected chi connectivity index (χ0v) is 17.9. The molecular weight excluding hydrogens is 396 g/mol. The first-order valence-corrected chi connectivity index (χ1v) is 12.2. The fraction of sp³-hybridized carbons (Fsp3) is 0.400. The maximum Gasteiger partial charge on any atom is 0.243 e. The Morgan fingerprint density at radius 1 is 0.929 bits per heavy atom. The van der Waals surface area contributed by atoms with E-state index in [0.29, 0.717) is 0 Å². The average Bonchev–Trinajstić information content (AvgIpc) is 3.46. The molecule has 0 amide bonds. The Kier molecular flexibility index (Phi) is 5.95. The van der Waals surface area contributed by atoms with E-state index < -0.39 is 20.0 Å². The molecule has 0 heterocycles. The lowest BCUT2D eigenvalue weighted by Gasteiger charge is -2.31. The highest BCUT2D eigenvalue weighted by Gasteiger charge is 2.33. The van der Waals surface area contributed by atoms with Crippen molar-refractivity contribution in [1.82, 2.24) is 9.03 Å². The van der Waals surface area contributed by atoms with Gasteiger partial charge in [0.1, 0.15) is 0 Å². The normalized spacial score (nSPS) is 16.5. The second-order valence-corrected chi connectivity index (χ2v) is 11.2. The summed E-state index contributed by atoms with van der Waals surface area (Å²) < 4.78 is 55.4. The van der Waals surface area contributed by atoms with Crippen molar-refractivity contribution >= 4 is 20.0 Å². The Balaban J connectivity index is 1.96. The van der Waals surface area contributed by atoms with E-state index in [1.165, 1.54) is 35.6 Å². The number of nitrogens with one attached hydrogen (secondary N) is 1. The predicted octanol–water partition coefficient (Wildman–Crippen LogP) is 3.15. The fourth-order valence-corrected chi connectivity index (χ4v) is 6.22. The molecule has 0 spiro atoms. The molecule has 8 heteroatoms. The summed E-state index contributed by atoms with van der Waals surface area (Å²) >= 11 is 0. The largest absolute Gasteiger partial charge is 0.243 e. The Morgan fingerprint density at radius 2 is 1.54 bits per heavy atom. The summed E-state index contributed by atoms with van der Waals surface area (Å²) in [5.41, 5.74) is 0.891. The van der Waals surface area contributed by atoms with Gasteiger partial charge in [-0.1, -0.05) is 50.2 Å². The first-order chi connectivity index (χ1) is 13.1. The first-order valence-electron chi connectivity index (χ1n) is 9.28. The Bertz CT molecular complexity index is 1030. The number of rotatable bonds is 8. The molecule has 2 aromatic carbocycles. The van der Waals surface area contributed by atoms with Crippen molar-refractivity contribution in [3.05, 3.63) is 60.2 Å².